The van der Waals surface area contributed by atoms with E-state index in [0.29, 0.717) is 35.8 Å². The van der Waals surface area contributed by atoms with Gasteiger partial charge in [0.05, 0.1) is 5.69 Å². The Kier molecular flexibility index (Phi) is 6.49. The summed E-state index contributed by atoms with van der Waals surface area (Å²) in [4.78, 5) is 40.2. The molecule has 29 heavy (non-hydrogen) atoms. The van der Waals surface area contributed by atoms with Gasteiger partial charge in [0, 0.05) is 37.3 Å². The van der Waals surface area contributed by atoms with Crippen LogP contribution in [0.25, 0.3) is 0 Å². The molecule has 2 aromatic carbocycles. The molecule has 7 nitrogen and oxygen atoms in total. The summed E-state index contributed by atoms with van der Waals surface area (Å²) in [7, 11) is 0. The minimum atomic E-state index is -0.204. The molecule has 0 atom stereocenters. The normalized spacial score (nSPS) is 12.8. The van der Waals surface area contributed by atoms with Crippen molar-refractivity contribution in [3.63, 3.8) is 0 Å². The molecule has 152 valence electrons. The number of nitrogens with zero attached hydrogens (tertiary/aromatic N) is 2. The second-order valence-electron chi connectivity index (χ2n) is 6.65. The van der Waals surface area contributed by atoms with Crippen LogP contribution >= 0.6 is 0 Å². The van der Waals surface area contributed by atoms with Crippen LogP contribution in [0.2, 0.25) is 0 Å². The third-order valence-corrected chi connectivity index (χ3v) is 4.84. The number of ether oxygens (including phenoxy) is 1. The Morgan fingerprint density at radius 1 is 1.07 bits per heavy atom. The Hall–Kier alpha value is -3.35. The number of amides is 3. The van der Waals surface area contributed by atoms with Crippen molar-refractivity contribution in [2.24, 2.45) is 0 Å². The second-order valence-corrected chi connectivity index (χ2v) is 6.65. The summed E-state index contributed by atoms with van der Waals surface area (Å²) in [5.74, 6) is 0.235. The van der Waals surface area contributed by atoms with Gasteiger partial charge >= 0.3 is 0 Å². The number of carbonyl (C=O) groups is 3. The van der Waals surface area contributed by atoms with Crippen LogP contribution in [0.4, 0.5) is 11.4 Å². The summed E-state index contributed by atoms with van der Waals surface area (Å²) >= 11 is 0. The van der Waals surface area contributed by atoms with Gasteiger partial charge in [0.15, 0.2) is 6.61 Å². The first-order chi connectivity index (χ1) is 14.0. The summed E-state index contributed by atoms with van der Waals surface area (Å²) in [6, 6.07) is 14.1. The highest BCUT2D eigenvalue weighted by Crippen LogP contribution is 2.31. The van der Waals surface area contributed by atoms with E-state index >= 15 is 0 Å². The van der Waals surface area contributed by atoms with Crippen molar-refractivity contribution in [3.05, 3.63) is 54.1 Å². The Morgan fingerprint density at radius 2 is 1.76 bits per heavy atom. The maximum atomic E-state index is 12.3. The fraction of sp³-hybridized carbons (Fsp3) is 0.318. The van der Waals surface area contributed by atoms with Crippen molar-refractivity contribution in [1.82, 2.24) is 4.90 Å². The minimum Gasteiger partial charge on any atom is -0.482 e. The number of hydrogen-bond acceptors (Lipinski definition) is 4. The van der Waals surface area contributed by atoms with Crippen LogP contribution in [0.1, 0.15) is 30.6 Å². The zero-order valence-corrected chi connectivity index (χ0v) is 16.7. The summed E-state index contributed by atoms with van der Waals surface area (Å²) in [5.41, 5.74) is 1.87. The smallest absolute Gasteiger partial charge is 0.265 e. The summed E-state index contributed by atoms with van der Waals surface area (Å²) in [6.45, 7) is 5.42. The molecule has 1 N–H and O–H groups in total. The molecule has 0 radical (unpaired) electrons. The second kappa shape index (κ2) is 9.23. The van der Waals surface area contributed by atoms with Crippen LogP contribution in [0.15, 0.2) is 48.5 Å². The van der Waals surface area contributed by atoms with Gasteiger partial charge in [0.25, 0.3) is 11.8 Å². The summed E-state index contributed by atoms with van der Waals surface area (Å²) in [6.07, 6.45) is 0.153. The van der Waals surface area contributed by atoms with Gasteiger partial charge in [0.1, 0.15) is 5.75 Å². The highest BCUT2D eigenvalue weighted by atomic mass is 16.5. The van der Waals surface area contributed by atoms with Crippen LogP contribution in [0, 0.1) is 0 Å². The van der Waals surface area contributed by atoms with E-state index in [1.165, 1.54) is 0 Å². The number of carbonyl (C=O) groups excluding carboxylic acids is 3. The zero-order chi connectivity index (χ0) is 20.8. The third kappa shape index (κ3) is 4.74. The van der Waals surface area contributed by atoms with Crippen molar-refractivity contribution >= 4 is 29.1 Å². The maximum Gasteiger partial charge on any atom is 0.265 e. The van der Waals surface area contributed by atoms with E-state index < -0.39 is 0 Å². The molecule has 0 bridgehead atoms. The fourth-order valence-corrected chi connectivity index (χ4v) is 3.23. The zero-order valence-electron chi connectivity index (χ0n) is 16.7. The molecule has 7 heteroatoms. The number of rotatable bonds is 7. The van der Waals surface area contributed by atoms with Gasteiger partial charge in [0.2, 0.25) is 5.91 Å². The molecule has 0 fully saturated rings. The van der Waals surface area contributed by atoms with Crippen LogP contribution in [0.3, 0.4) is 0 Å². The fourth-order valence-electron chi connectivity index (χ4n) is 3.23. The van der Waals surface area contributed by atoms with Crippen molar-refractivity contribution in [2.75, 3.05) is 36.5 Å². The first kappa shape index (κ1) is 20.4. The molecule has 0 spiro atoms. The van der Waals surface area contributed by atoms with Crippen molar-refractivity contribution < 1.29 is 19.1 Å². The molecule has 0 aliphatic carbocycles. The number of fused-ring (bicyclic) bond motifs is 1. The van der Waals surface area contributed by atoms with E-state index in [1.807, 2.05) is 26.0 Å². The highest BCUT2D eigenvalue weighted by molar-refractivity contribution is 5.99. The molecule has 0 saturated carbocycles. The van der Waals surface area contributed by atoms with Gasteiger partial charge in [-0.3, -0.25) is 14.4 Å². The average Bonchev–Trinajstić information content (AvgIpc) is 2.74. The Labute approximate surface area is 170 Å². The lowest BCUT2D eigenvalue weighted by Gasteiger charge is -2.29. The number of anilines is 2. The largest absolute Gasteiger partial charge is 0.482 e. The van der Waals surface area contributed by atoms with Gasteiger partial charge in [-0.2, -0.15) is 0 Å². The number of benzene rings is 2. The van der Waals surface area contributed by atoms with Crippen LogP contribution < -0.4 is 15.0 Å². The molecule has 3 amide bonds. The molecule has 0 unspecified atom stereocenters. The van der Waals surface area contributed by atoms with Crippen molar-refractivity contribution in [2.45, 2.75) is 20.3 Å². The molecule has 2 aromatic rings. The number of para-hydroxylation sites is 2. The third-order valence-electron chi connectivity index (χ3n) is 4.84. The van der Waals surface area contributed by atoms with E-state index in [9.17, 15) is 14.4 Å². The van der Waals surface area contributed by atoms with E-state index in [2.05, 4.69) is 5.32 Å². The number of nitrogens with one attached hydrogen (secondary N) is 1. The standard InChI is InChI=1S/C22H25N3O4/c1-3-24(4-2)22(28)16-9-11-17(12-10-16)23-20(26)13-14-25-18-7-5-6-8-19(18)29-15-21(25)27/h5-12H,3-4,13-15H2,1-2H3,(H,23,26). The Balaban J connectivity index is 1.57. The Morgan fingerprint density at radius 3 is 2.45 bits per heavy atom. The summed E-state index contributed by atoms with van der Waals surface area (Å²) in [5, 5.41) is 2.81. The van der Waals surface area contributed by atoms with E-state index in [0.717, 1.165) is 0 Å². The quantitative estimate of drug-likeness (QED) is 0.782. The van der Waals surface area contributed by atoms with Crippen LogP contribution in [-0.2, 0) is 9.59 Å². The molecular weight excluding hydrogens is 370 g/mol. The molecular formula is C22H25N3O4. The van der Waals surface area contributed by atoms with Crippen LogP contribution in [-0.4, -0.2) is 48.9 Å². The first-order valence-electron chi connectivity index (χ1n) is 9.74. The predicted molar refractivity (Wildman–Crippen MR) is 111 cm³/mol. The van der Waals surface area contributed by atoms with Crippen LogP contribution in [0.5, 0.6) is 5.75 Å². The monoisotopic (exact) mass is 395 g/mol. The highest BCUT2D eigenvalue weighted by Gasteiger charge is 2.25. The SMILES string of the molecule is CCN(CC)C(=O)c1ccc(NC(=O)CCN2C(=O)COc3ccccc32)cc1. The molecule has 1 aliphatic heterocycles. The lowest BCUT2D eigenvalue weighted by atomic mass is 10.1. The van der Waals surface area contributed by atoms with Gasteiger partial charge in [-0.05, 0) is 50.2 Å². The number of hydrogen-bond donors (Lipinski definition) is 1. The predicted octanol–water partition coefficient (Wildman–Crippen LogP) is 2.92. The van der Waals surface area contributed by atoms with E-state index in [-0.39, 0.29) is 37.3 Å². The first-order valence-corrected chi connectivity index (χ1v) is 9.74. The van der Waals surface area contributed by atoms with Gasteiger partial charge in [-0.1, -0.05) is 12.1 Å². The molecule has 3 rings (SSSR count). The lowest BCUT2D eigenvalue weighted by molar-refractivity contribution is -0.121. The minimum absolute atomic E-state index is 0.0271. The van der Waals surface area contributed by atoms with E-state index in [1.54, 1.807) is 46.2 Å². The summed E-state index contributed by atoms with van der Waals surface area (Å²) < 4.78 is 5.41. The van der Waals surface area contributed by atoms with Crippen molar-refractivity contribution in [3.8, 4) is 5.75 Å². The molecule has 0 saturated heterocycles. The van der Waals surface area contributed by atoms with E-state index in [4.69, 9.17) is 4.74 Å². The topological polar surface area (TPSA) is 79.0 Å². The molecule has 0 aromatic heterocycles. The van der Waals surface area contributed by atoms with Gasteiger partial charge in [-0.15, -0.1) is 0 Å². The van der Waals surface area contributed by atoms with Gasteiger partial charge in [-0.25, -0.2) is 0 Å². The molecule has 1 heterocycles. The van der Waals surface area contributed by atoms with Crippen molar-refractivity contribution in [1.29, 1.82) is 0 Å². The molecule has 1 aliphatic rings. The Bertz CT molecular complexity index is 891. The average molecular weight is 395 g/mol. The van der Waals surface area contributed by atoms with Gasteiger partial charge < -0.3 is 19.9 Å². The lowest BCUT2D eigenvalue weighted by Crippen LogP contribution is -2.40. The maximum absolute atomic E-state index is 12.3.